The summed E-state index contributed by atoms with van der Waals surface area (Å²) in [6.45, 7) is 3.72. The predicted octanol–water partition coefficient (Wildman–Crippen LogP) is 5.47. The summed E-state index contributed by atoms with van der Waals surface area (Å²) in [6.07, 6.45) is 4.98. The Morgan fingerprint density at radius 3 is 2.52 bits per heavy atom. The fourth-order valence-corrected chi connectivity index (χ4v) is 5.34. The number of halogens is 3. The third-order valence-electron chi connectivity index (χ3n) is 6.23. The highest BCUT2D eigenvalue weighted by Crippen LogP contribution is 2.45. The molecule has 3 atom stereocenters. The Balaban J connectivity index is 1.53. The molecule has 1 amide bonds. The maximum atomic E-state index is 14.8. The van der Waals surface area contributed by atoms with Crippen molar-refractivity contribution >= 4 is 40.1 Å². The number of benzene rings is 2. The minimum atomic E-state index is -1.57. The summed E-state index contributed by atoms with van der Waals surface area (Å²) >= 11 is 12.3. The number of rotatable bonds is 7. The minimum absolute atomic E-state index is 0.0945. The van der Waals surface area contributed by atoms with Gasteiger partial charge in [-0.2, -0.15) is 0 Å². The normalized spacial score (nSPS) is 22.1. The first-order valence-electron chi connectivity index (χ1n) is 11.0. The molecule has 1 N–H and O–H groups in total. The van der Waals surface area contributed by atoms with E-state index in [0.717, 1.165) is 43.4 Å². The van der Waals surface area contributed by atoms with E-state index >= 15 is 0 Å². The lowest BCUT2D eigenvalue weighted by Gasteiger charge is -2.39. The Morgan fingerprint density at radius 1 is 1.18 bits per heavy atom. The van der Waals surface area contributed by atoms with Crippen LogP contribution in [0.2, 0.25) is 10.0 Å². The molecule has 0 bridgehead atoms. The van der Waals surface area contributed by atoms with Crippen LogP contribution in [0.3, 0.4) is 0 Å². The number of nitrogens with zero attached hydrogens (tertiary/aromatic N) is 1. The summed E-state index contributed by atoms with van der Waals surface area (Å²) in [4.78, 5) is 14.6. The topological polar surface area (TPSA) is 58.6 Å². The third-order valence-corrected chi connectivity index (χ3v) is 7.14. The van der Waals surface area contributed by atoms with Crippen LogP contribution in [0.4, 0.5) is 4.39 Å². The van der Waals surface area contributed by atoms with Crippen molar-refractivity contribution in [2.75, 3.05) is 12.8 Å². The molecule has 33 heavy (non-hydrogen) atoms. The van der Waals surface area contributed by atoms with Crippen LogP contribution in [0, 0.1) is 5.82 Å². The van der Waals surface area contributed by atoms with Crippen LogP contribution in [0.15, 0.2) is 30.3 Å². The Bertz CT molecular complexity index is 1060. The lowest BCUT2D eigenvalue weighted by molar-refractivity contribution is 0.0307. The largest absolute Gasteiger partial charge is 0.488 e. The van der Waals surface area contributed by atoms with E-state index in [4.69, 9.17) is 27.9 Å². The van der Waals surface area contributed by atoms with E-state index in [0.29, 0.717) is 22.3 Å². The van der Waals surface area contributed by atoms with E-state index in [-0.39, 0.29) is 23.6 Å². The number of piperidine rings is 1. The second kappa shape index (κ2) is 10.3. The van der Waals surface area contributed by atoms with Crippen molar-refractivity contribution in [3.8, 4) is 5.75 Å². The van der Waals surface area contributed by atoms with Gasteiger partial charge in [0.05, 0.1) is 5.56 Å². The van der Waals surface area contributed by atoms with Gasteiger partial charge in [0.2, 0.25) is 0 Å². The third kappa shape index (κ3) is 6.07. The quantitative estimate of drug-likeness (QED) is 0.534. The van der Waals surface area contributed by atoms with Crippen LogP contribution in [0.25, 0.3) is 0 Å². The van der Waals surface area contributed by atoms with Crippen LogP contribution in [-0.2, 0) is 17.5 Å². The molecule has 178 valence electrons. The zero-order valence-corrected chi connectivity index (χ0v) is 20.9. The van der Waals surface area contributed by atoms with Crippen LogP contribution >= 0.6 is 23.2 Å². The SMILES string of the molecule is CC1C(Oc2cc(F)c(C(=O)NS(C)=O)cc2C2CC2)CCCN1Cc1cc(Cl)cc(Cl)c1. The molecule has 9 heteroatoms. The number of ether oxygens (including phenoxy) is 1. The number of amides is 1. The molecular formula is C24H27Cl2FN2O3S. The second-order valence-corrected chi connectivity index (χ2v) is 10.8. The van der Waals surface area contributed by atoms with E-state index in [1.807, 2.05) is 12.1 Å². The molecule has 0 spiro atoms. The smallest absolute Gasteiger partial charge is 0.265 e. The van der Waals surface area contributed by atoms with E-state index in [2.05, 4.69) is 16.5 Å². The molecule has 0 radical (unpaired) electrons. The fourth-order valence-electron chi connectivity index (χ4n) is 4.40. The maximum Gasteiger partial charge on any atom is 0.265 e. The van der Waals surface area contributed by atoms with Crippen molar-refractivity contribution in [3.05, 3.63) is 62.9 Å². The molecule has 3 unspecified atom stereocenters. The van der Waals surface area contributed by atoms with Gasteiger partial charge in [-0.3, -0.25) is 14.4 Å². The van der Waals surface area contributed by atoms with Crippen LogP contribution in [-0.4, -0.2) is 40.0 Å². The molecule has 1 heterocycles. The van der Waals surface area contributed by atoms with Gasteiger partial charge in [-0.05, 0) is 80.5 Å². The van der Waals surface area contributed by atoms with E-state index < -0.39 is 22.7 Å². The van der Waals surface area contributed by atoms with Crippen molar-refractivity contribution < 1.29 is 18.1 Å². The molecule has 2 aliphatic rings. The molecule has 0 aromatic heterocycles. The first-order chi connectivity index (χ1) is 15.7. The molecule has 2 fully saturated rings. The number of carbonyl (C=O) groups is 1. The van der Waals surface area contributed by atoms with Crippen LogP contribution < -0.4 is 9.46 Å². The molecule has 2 aromatic carbocycles. The van der Waals surface area contributed by atoms with E-state index in [1.165, 1.54) is 12.3 Å². The molecule has 1 saturated heterocycles. The van der Waals surface area contributed by atoms with Gasteiger partial charge in [0, 0.05) is 35.0 Å². The summed E-state index contributed by atoms with van der Waals surface area (Å²) in [5.41, 5.74) is 1.78. The highest BCUT2D eigenvalue weighted by Gasteiger charge is 2.34. The Kier molecular flexibility index (Phi) is 7.63. The summed E-state index contributed by atoms with van der Waals surface area (Å²) < 4.78 is 34.8. The maximum absolute atomic E-state index is 14.8. The average Bonchev–Trinajstić information content (AvgIpc) is 3.55. The average molecular weight is 513 g/mol. The summed E-state index contributed by atoms with van der Waals surface area (Å²) in [5, 5.41) is 1.21. The van der Waals surface area contributed by atoms with Gasteiger partial charge < -0.3 is 4.74 Å². The van der Waals surface area contributed by atoms with Gasteiger partial charge in [0.1, 0.15) is 28.7 Å². The first-order valence-corrected chi connectivity index (χ1v) is 13.4. The van der Waals surface area contributed by atoms with Crippen molar-refractivity contribution in [2.24, 2.45) is 0 Å². The molecule has 5 nitrogen and oxygen atoms in total. The van der Waals surface area contributed by atoms with Gasteiger partial charge in [0.15, 0.2) is 0 Å². The number of hydrogen-bond acceptors (Lipinski definition) is 4. The fraction of sp³-hybridized carbons (Fsp3) is 0.458. The van der Waals surface area contributed by atoms with Crippen LogP contribution in [0.1, 0.15) is 60.0 Å². The minimum Gasteiger partial charge on any atom is -0.488 e. The zero-order chi connectivity index (χ0) is 23.7. The molecule has 2 aromatic rings. The Morgan fingerprint density at radius 2 is 1.88 bits per heavy atom. The molecular weight excluding hydrogens is 486 g/mol. The Hall–Kier alpha value is -1.67. The highest BCUT2D eigenvalue weighted by atomic mass is 35.5. The van der Waals surface area contributed by atoms with Gasteiger partial charge in [-0.25, -0.2) is 8.60 Å². The molecule has 1 saturated carbocycles. The Labute approximate surface area is 206 Å². The highest BCUT2D eigenvalue weighted by molar-refractivity contribution is 7.82. The summed E-state index contributed by atoms with van der Waals surface area (Å²) in [5.74, 6) is -0.609. The second-order valence-electron chi connectivity index (χ2n) is 8.82. The standard InChI is InChI=1S/C24H27Cl2FN2O3S/c1-14-22(4-3-7-29(14)13-15-8-17(25)10-18(26)9-15)32-23-12-21(27)20(24(30)28-33(2)31)11-19(23)16-5-6-16/h8-12,14,16,22H,3-7,13H2,1-2H3,(H,28,30). The lowest BCUT2D eigenvalue weighted by atomic mass is 9.98. The number of carbonyl (C=O) groups excluding carboxylic acids is 1. The van der Waals surface area contributed by atoms with E-state index in [1.54, 1.807) is 12.1 Å². The van der Waals surface area contributed by atoms with Gasteiger partial charge in [-0.15, -0.1) is 0 Å². The predicted molar refractivity (Wildman–Crippen MR) is 130 cm³/mol. The summed E-state index contributed by atoms with van der Waals surface area (Å²) in [6, 6.07) is 8.51. The van der Waals surface area contributed by atoms with Crippen molar-refractivity contribution in [1.29, 1.82) is 0 Å². The molecule has 1 aliphatic carbocycles. The first kappa shape index (κ1) is 24.5. The number of hydrogen-bond donors (Lipinski definition) is 1. The molecule has 4 rings (SSSR count). The van der Waals surface area contributed by atoms with Crippen molar-refractivity contribution in [2.45, 2.75) is 57.2 Å². The van der Waals surface area contributed by atoms with Crippen molar-refractivity contribution in [1.82, 2.24) is 9.62 Å². The van der Waals surface area contributed by atoms with Crippen LogP contribution in [0.5, 0.6) is 5.75 Å². The van der Waals surface area contributed by atoms with Gasteiger partial charge in [-0.1, -0.05) is 23.2 Å². The van der Waals surface area contributed by atoms with E-state index in [9.17, 15) is 13.4 Å². The summed E-state index contributed by atoms with van der Waals surface area (Å²) in [7, 11) is -1.57. The monoisotopic (exact) mass is 512 g/mol. The zero-order valence-electron chi connectivity index (χ0n) is 18.6. The number of likely N-dealkylation sites (tertiary alicyclic amines) is 1. The number of nitrogens with one attached hydrogen (secondary N) is 1. The van der Waals surface area contributed by atoms with Gasteiger partial charge in [0.25, 0.3) is 5.91 Å². The molecule has 1 aliphatic heterocycles. The lowest BCUT2D eigenvalue weighted by Crippen LogP contribution is -2.48. The van der Waals surface area contributed by atoms with Crippen molar-refractivity contribution in [3.63, 3.8) is 0 Å². The van der Waals surface area contributed by atoms with Gasteiger partial charge >= 0.3 is 0 Å².